The summed E-state index contributed by atoms with van der Waals surface area (Å²) in [4.78, 5) is 14.4. The Kier molecular flexibility index (Phi) is 1.43. The van der Waals surface area contributed by atoms with Crippen LogP contribution in [0.25, 0.3) is 10.1 Å². The summed E-state index contributed by atoms with van der Waals surface area (Å²) in [6, 6.07) is 1.94. The van der Waals surface area contributed by atoms with E-state index in [-0.39, 0.29) is 0 Å². The molecule has 11 heavy (non-hydrogen) atoms. The first-order chi connectivity index (χ1) is 5.42. The van der Waals surface area contributed by atoms with Crippen LogP contribution in [0.4, 0.5) is 0 Å². The summed E-state index contributed by atoms with van der Waals surface area (Å²) in [5.74, 6) is 0. The lowest BCUT2D eigenvalue weighted by molar-refractivity contribution is 0.112. The van der Waals surface area contributed by atoms with Crippen molar-refractivity contribution in [1.82, 2.24) is 4.98 Å². The Morgan fingerprint density at radius 2 is 2.36 bits per heavy atom. The zero-order valence-electron chi connectivity index (χ0n) is 5.65. The summed E-state index contributed by atoms with van der Waals surface area (Å²) in [5.41, 5.74) is 0.670. The van der Waals surface area contributed by atoms with Gasteiger partial charge in [-0.1, -0.05) is 0 Å². The topological polar surface area (TPSA) is 30.0 Å². The van der Waals surface area contributed by atoms with Crippen molar-refractivity contribution in [2.24, 2.45) is 0 Å². The Balaban J connectivity index is 2.88. The standard InChI is InChI=1S/C8H5NOS/c10-5-6-3-9-4-8-7(6)1-2-11-8/h1-5H. The fourth-order valence-corrected chi connectivity index (χ4v) is 1.79. The van der Waals surface area contributed by atoms with Gasteiger partial charge in [-0.05, 0) is 11.4 Å². The second-order valence-corrected chi connectivity index (χ2v) is 3.13. The molecule has 0 aliphatic carbocycles. The van der Waals surface area contributed by atoms with Crippen molar-refractivity contribution in [2.45, 2.75) is 0 Å². The van der Waals surface area contributed by atoms with Crippen molar-refractivity contribution in [1.29, 1.82) is 0 Å². The molecule has 0 amide bonds. The van der Waals surface area contributed by atoms with E-state index in [1.807, 2.05) is 11.4 Å². The van der Waals surface area contributed by atoms with E-state index in [0.29, 0.717) is 5.56 Å². The lowest BCUT2D eigenvalue weighted by Crippen LogP contribution is -1.80. The summed E-state index contributed by atoms with van der Waals surface area (Å²) in [7, 11) is 0. The molecule has 0 aliphatic heterocycles. The summed E-state index contributed by atoms with van der Waals surface area (Å²) < 4.78 is 1.06. The highest BCUT2D eigenvalue weighted by atomic mass is 32.1. The van der Waals surface area contributed by atoms with Gasteiger partial charge in [-0.2, -0.15) is 0 Å². The van der Waals surface area contributed by atoms with E-state index in [9.17, 15) is 4.79 Å². The van der Waals surface area contributed by atoms with E-state index in [0.717, 1.165) is 16.4 Å². The molecule has 0 aromatic carbocycles. The smallest absolute Gasteiger partial charge is 0.152 e. The second kappa shape index (κ2) is 2.43. The Labute approximate surface area is 67.5 Å². The van der Waals surface area contributed by atoms with Crippen LogP contribution in [0.2, 0.25) is 0 Å². The van der Waals surface area contributed by atoms with E-state index in [2.05, 4.69) is 4.98 Å². The van der Waals surface area contributed by atoms with E-state index < -0.39 is 0 Å². The van der Waals surface area contributed by atoms with Crippen LogP contribution in [0.5, 0.6) is 0 Å². The first kappa shape index (κ1) is 6.49. The van der Waals surface area contributed by atoms with E-state index in [1.165, 1.54) is 0 Å². The number of nitrogens with zero attached hydrogens (tertiary/aromatic N) is 1. The Morgan fingerprint density at radius 1 is 1.45 bits per heavy atom. The zero-order chi connectivity index (χ0) is 7.68. The maximum absolute atomic E-state index is 10.5. The molecule has 0 saturated heterocycles. The van der Waals surface area contributed by atoms with E-state index >= 15 is 0 Å². The molecule has 2 heterocycles. The van der Waals surface area contributed by atoms with Gasteiger partial charge in [0.2, 0.25) is 0 Å². The molecule has 0 N–H and O–H groups in total. The molecule has 0 aliphatic rings. The summed E-state index contributed by atoms with van der Waals surface area (Å²) >= 11 is 1.60. The molecule has 2 aromatic rings. The van der Waals surface area contributed by atoms with Crippen LogP contribution in [0.3, 0.4) is 0 Å². The number of rotatable bonds is 1. The number of aldehydes is 1. The van der Waals surface area contributed by atoms with Gasteiger partial charge in [0.25, 0.3) is 0 Å². The zero-order valence-corrected chi connectivity index (χ0v) is 6.47. The maximum atomic E-state index is 10.5. The van der Waals surface area contributed by atoms with Crippen molar-refractivity contribution in [3.63, 3.8) is 0 Å². The van der Waals surface area contributed by atoms with Crippen LogP contribution in [0.1, 0.15) is 10.4 Å². The molecule has 0 fully saturated rings. The molecule has 0 atom stereocenters. The van der Waals surface area contributed by atoms with E-state index in [4.69, 9.17) is 0 Å². The molecule has 0 unspecified atom stereocenters. The van der Waals surface area contributed by atoms with Gasteiger partial charge in [0.05, 0.1) is 4.70 Å². The average Bonchev–Trinajstić information content (AvgIpc) is 2.50. The first-order valence-electron chi connectivity index (χ1n) is 3.18. The molecule has 3 heteroatoms. The number of carbonyl (C=O) groups excluding carboxylic acids is 1. The number of fused-ring (bicyclic) bond motifs is 1. The summed E-state index contributed by atoms with van der Waals surface area (Å²) in [5, 5.41) is 2.96. The van der Waals surface area contributed by atoms with Crippen molar-refractivity contribution < 1.29 is 4.79 Å². The van der Waals surface area contributed by atoms with Crippen molar-refractivity contribution in [2.75, 3.05) is 0 Å². The first-order valence-corrected chi connectivity index (χ1v) is 4.06. The van der Waals surface area contributed by atoms with Gasteiger partial charge in [-0.3, -0.25) is 9.78 Å². The fraction of sp³-hybridized carbons (Fsp3) is 0. The number of thiophene rings is 1. The van der Waals surface area contributed by atoms with Gasteiger partial charge < -0.3 is 0 Å². The highest BCUT2D eigenvalue weighted by Gasteiger charge is 1.99. The molecule has 0 saturated carbocycles. The molecule has 0 radical (unpaired) electrons. The molecule has 2 aromatic heterocycles. The normalized spacial score (nSPS) is 10.2. The predicted molar refractivity (Wildman–Crippen MR) is 45.0 cm³/mol. The predicted octanol–water partition coefficient (Wildman–Crippen LogP) is 2.11. The minimum absolute atomic E-state index is 0.670. The Hall–Kier alpha value is -1.22. The largest absolute Gasteiger partial charge is 0.298 e. The maximum Gasteiger partial charge on any atom is 0.152 e. The van der Waals surface area contributed by atoms with Crippen LogP contribution in [0.15, 0.2) is 23.8 Å². The van der Waals surface area contributed by atoms with Crippen molar-refractivity contribution >= 4 is 27.7 Å². The third kappa shape index (κ3) is 0.935. The van der Waals surface area contributed by atoms with Gasteiger partial charge in [0.1, 0.15) is 0 Å². The minimum Gasteiger partial charge on any atom is -0.298 e. The Bertz CT molecular complexity index is 394. The molecule has 0 bridgehead atoms. The van der Waals surface area contributed by atoms with Crippen LogP contribution >= 0.6 is 11.3 Å². The molecular formula is C8H5NOS. The molecular weight excluding hydrogens is 158 g/mol. The summed E-state index contributed by atoms with van der Waals surface area (Å²) in [6.45, 7) is 0. The quantitative estimate of drug-likeness (QED) is 0.602. The van der Waals surface area contributed by atoms with Gasteiger partial charge in [-0.25, -0.2) is 0 Å². The van der Waals surface area contributed by atoms with Crippen LogP contribution in [-0.2, 0) is 0 Å². The number of pyridine rings is 1. The Morgan fingerprint density at radius 3 is 3.18 bits per heavy atom. The summed E-state index contributed by atoms with van der Waals surface area (Å²) in [6.07, 6.45) is 4.19. The second-order valence-electron chi connectivity index (χ2n) is 2.18. The van der Waals surface area contributed by atoms with Crippen LogP contribution < -0.4 is 0 Å². The highest BCUT2D eigenvalue weighted by molar-refractivity contribution is 7.17. The van der Waals surface area contributed by atoms with E-state index in [1.54, 1.807) is 23.7 Å². The molecule has 0 spiro atoms. The third-order valence-electron chi connectivity index (χ3n) is 1.54. The van der Waals surface area contributed by atoms with Gasteiger partial charge >= 0.3 is 0 Å². The van der Waals surface area contributed by atoms with Gasteiger partial charge in [-0.15, -0.1) is 11.3 Å². The monoisotopic (exact) mass is 163 g/mol. The number of hydrogen-bond donors (Lipinski definition) is 0. The number of aromatic nitrogens is 1. The lowest BCUT2D eigenvalue weighted by atomic mass is 10.2. The van der Waals surface area contributed by atoms with Gasteiger partial charge in [0, 0.05) is 23.3 Å². The molecule has 54 valence electrons. The van der Waals surface area contributed by atoms with Crippen LogP contribution in [-0.4, -0.2) is 11.3 Å². The van der Waals surface area contributed by atoms with Crippen LogP contribution in [0, 0.1) is 0 Å². The number of carbonyl (C=O) groups is 1. The van der Waals surface area contributed by atoms with Crippen molar-refractivity contribution in [3.05, 3.63) is 29.4 Å². The van der Waals surface area contributed by atoms with Crippen molar-refractivity contribution in [3.8, 4) is 0 Å². The van der Waals surface area contributed by atoms with Gasteiger partial charge in [0.15, 0.2) is 6.29 Å². The molecule has 2 rings (SSSR count). The SMILES string of the molecule is O=Cc1cncc2sccc12. The average molecular weight is 163 g/mol. The highest BCUT2D eigenvalue weighted by Crippen LogP contribution is 2.21. The fourth-order valence-electron chi connectivity index (χ4n) is 1.01. The third-order valence-corrected chi connectivity index (χ3v) is 2.39. The lowest BCUT2D eigenvalue weighted by Gasteiger charge is -1.90. The molecule has 2 nitrogen and oxygen atoms in total. The minimum atomic E-state index is 0.670. The number of hydrogen-bond acceptors (Lipinski definition) is 3.